The molecule has 2 aliphatic heterocycles. The second-order valence-electron chi connectivity index (χ2n) is 7.76. The van der Waals surface area contributed by atoms with Crippen LogP contribution in [0.15, 0.2) is 41.8 Å². The molecule has 2 saturated heterocycles. The number of hydrogen-bond donors (Lipinski definition) is 3. The van der Waals surface area contributed by atoms with Crippen molar-refractivity contribution in [3.8, 4) is 5.75 Å². The summed E-state index contributed by atoms with van der Waals surface area (Å²) >= 11 is 1.50. The molecule has 0 saturated carbocycles. The molecule has 3 N–H and O–H groups in total. The summed E-state index contributed by atoms with van der Waals surface area (Å²) in [5.41, 5.74) is 1.10. The molecule has 4 heterocycles. The average molecular weight is 460 g/mol. The third-order valence-corrected chi connectivity index (χ3v) is 6.86. The highest BCUT2D eigenvalue weighted by atomic mass is 32.2. The molecule has 2 aromatic heterocycles. The van der Waals surface area contributed by atoms with Crippen LogP contribution in [0.25, 0.3) is 11.2 Å². The van der Waals surface area contributed by atoms with Crippen molar-refractivity contribution in [1.82, 2.24) is 19.5 Å². The molecule has 5 atom stereocenters. The van der Waals surface area contributed by atoms with Gasteiger partial charge in [-0.3, -0.25) is 4.57 Å². The van der Waals surface area contributed by atoms with Crippen molar-refractivity contribution >= 4 is 28.7 Å². The SMILES string of the molecule is COc1ccccc1SC[C@H]1O[C@@H](n2cnc3c(N[C@@H]4CCOC4)ncnc32)[C@@H](O)[C@H]1O. The number of nitrogens with zero attached hydrogens (tertiary/aromatic N) is 4. The van der Waals surface area contributed by atoms with Crippen LogP contribution in [0.3, 0.4) is 0 Å². The first-order chi connectivity index (χ1) is 15.7. The van der Waals surface area contributed by atoms with E-state index in [1.54, 1.807) is 18.0 Å². The van der Waals surface area contributed by atoms with Crippen LogP contribution < -0.4 is 10.1 Å². The number of benzene rings is 1. The standard InChI is InChI=1S/C21H25N5O5S/c1-29-13-4-2-3-5-15(13)32-9-14-17(27)18(28)21(31-14)26-11-24-16-19(22-10-23-20(16)26)25-12-6-7-30-8-12/h2-5,10-12,14,17-18,21,27-28H,6-9H2,1H3,(H,22,23,25)/t12-,14-,17+,18+,21-/m1/s1. The lowest BCUT2D eigenvalue weighted by atomic mass is 10.1. The topological polar surface area (TPSA) is 124 Å². The molecule has 2 fully saturated rings. The average Bonchev–Trinajstić information content (AvgIpc) is 3.54. The predicted octanol–water partition coefficient (Wildman–Crippen LogP) is 1.45. The number of methoxy groups -OCH3 is 1. The fraction of sp³-hybridized carbons (Fsp3) is 0.476. The number of aliphatic hydroxyl groups excluding tert-OH is 2. The van der Waals surface area contributed by atoms with Gasteiger partial charge in [0.25, 0.3) is 0 Å². The van der Waals surface area contributed by atoms with Gasteiger partial charge in [0, 0.05) is 17.3 Å². The number of hydrogen-bond acceptors (Lipinski definition) is 10. The maximum Gasteiger partial charge on any atom is 0.167 e. The van der Waals surface area contributed by atoms with Crippen molar-refractivity contribution in [2.45, 2.75) is 41.9 Å². The van der Waals surface area contributed by atoms with Gasteiger partial charge in [0.2, 0.25) is 0 Å². The fourth-order valence-corrected chi connectivity index (χ4v) is 5.08. The van der Waals surface area contributed by atoms with E-state index < -0.39 is 24.5 Å². The molecule has 0 radical (unpaired) electrons. The summed E-state index contributed by atoms with van der Waals surface area (Å²) < 4.78 is 18.5. The molecule has 0 aliphatic carbocycles. The van der Waals surface area contributed by atoms with Crippen molar-refractivity contribution in [1.29, 1.82) is 0 Å². The van der Waals surface area contributed by atoms with Gasteiger partial charge in [0.15, 0.2) is 23.2 Å². The van der Waals surface area contributed by atoms with E-state index >= 15 is 0 Å². The molecular formula is C21H25N5O5S. The monoisotopic (exact) mass is 459 g/mol. The number of fused-ring (bicyclic) bond motifs is 1. The normalized spacial score (nSPS) is 27.8. The minimum absolute atomic E-state index is 0.171. The summed E-state index contributed by atoms with van der Waals surface area (Å²) in [6.45, 7) is 1.34. The molecule has 0 spiro atoms. The van der Waals surface area contributed by atoms with Crippen LogP contribution in [0.5, 0.6) is 5.75 Å². The predicted molar refractivity (Wildman–Crippen MR) is 118 cm³/mol. The Bertz CT molecular complexity index is 1080. The zero-order valence-corrected chi connectivity index (χ0v) is 18.3. The van der Waals surface area contributed by atoms with Gasteiger partial charge in [-0.15, -0.1) is 11.8 Å². The molecule has 11 heteroatoms. The van der Waals surface area contributed by atoms with E-state index in [0.29, 0.717) is 35.9 Å². The van der Waals surface area contributed by atoms with Gasteiger partial charge in [0.1, 0.15) is 24.3 Å². The van der Waals surface area contributed by atoms with Crippen LogP contribution in [-0.4, -0.2) is 80.2 Å². The summed E-state index contributed by atoms with van der Waals surface area (Å²) in [6.07, 6.45) is 0.361. The highest BCUT2D eigenvalue weighted by molar-refractivity contribution is 7.99. The molecule has 0 amide bonds. The third kappa shape index (κ3) is 4.02. The van der Waals surface area contributed by atoms with E-state index in [0.717, 1.165) is 17.1 Å². The molecule has 32 heavy (non-hydrogen) atoms. The van der Waals surface area contributed by atoms with Gasteiger partial charge in [-0.2, -0.15) is 0 Å². The summed E-state index contributed by atoms with van der Waals surface area (Å²) in [6, 6.07) is 7.83. The number of aliphatic hydroxyl groups is 2. The second kappa shape index (κ2) is 9.20. The fourth-order valence-electron chi connectivity index (χ4n) is 3.99. The van der Waals surface area contributed by atoms with Crippen LogP contribution in [0.2, 0.25) is 0 Å². The number of rotatable bonds is 7. The smallest absolute Gasteiger partial charge is 0.167 e. The molecule has 170 valence electrons. The van der Waals surface area contributed by atoms with Gasteiger partial charge in [-0.05, 0) is 18.6 Å². The molecular weight excluding hydrogens is 434 g/mol. The van der Waals surface area contributed by atoms with E-state index in [1.807, 2.05) is 24.3 Å². The zero-order chi connectivity index (χ0) is 22.1. The van der Waals surface area contributed by atoms with Gasteiger partial charge in [-0.25, -0.2) is 15.0 Å². The Morgan fingerprint density at radius 3 is 2.91 bits per heavy atom. The Morgan fingerprint density at radius 1 is 1.22 bits per heavy atom. The van der Waals surface area contributed by atoms with Crippen molar-refractivity contribution in [2.24, 2.45) is 0 Å². The van der Waals surface area contributed by atoms with Crippen LogP contribution in [0.4, 0.5) is 5.82 Å². The summed E-state index contributed by atoms with van der Waals surface area (Å²) in [5, 5.41) is 24.7. The maximum absolute atomic E-state index is 10.7. The Hall–Kier alpha value is -2.44. The number of nitrogens with one attached hydrogen (secondary N) is 1. The molecule has 1 aromatic carbocycles. The third-order valence-electron chi connectivity index (χ3n) is 5.71. The second-order valence-corrected chi connectivity index (χ2v) is 8.82. The van der Waals surface area contributed by atoms with E-state index in [1.165, 1.54) is 18.1 Å². The zero-order valence-electron chi connectivity index (χ0n) is 17.5. The highest BCUT2D eigenvalue weighted by Crippen LogP contribution is 2.36. The molecule has 3 aromatic rings. The Morgan fingerprint density at radius 2 is 2.09 bits per heavy atom. The van der Waals surface area contributed by atoms with Gasteiger partial charge < -0.3 is 29.7 Å². The number of thioether (sulfide) groups is 1. The number of ether oxygens (including phenoxy) is 3. The van der Waals surface area contributed by atoms with Gasteiger partial charge in [-0.1, -0.05) is 12.1 Å². The van der Waals surface area contributed by atoms with E-state index in [9.17, 15) is 10.2 Å². The first kappa shape index (κ1) is 21.4. The number of aromatic nitrogens is 4. The molecule has 0 unspecified atom stereocenters. The summed E-state index contributed by atoms with van der Waals surface area (Å²) in [4.78, 5) is 14.0. The van der Waals surface area contributed by atoms with E-state index in [4.69, 9.17) is 14.2 Å². The first-order valence-electron chi connectivity index (χ1n) is 10.4. The van der Waals surface area contributed by atoms with Gasteiger partial charge in [0.05, 0.1) is 32.2 Å². The maximum atomic E-state index is 10.7. The van der Waals surface area contributed by atoms with Gasteiger partial charge >= 0.3 is 0 Å². The van der Waals surface area contributed by atoms with Crippen molar-refractivity contribution in [2.75, 3.05) is 31.4 Å². The van der Waals surface area contributed by atoms with E-state index in [2.05, 4.69) is 20.3 Å². The number of anilines is 1. The van der Waals surface area contributed by atoms with Crippen LogP contribution in [0.1, 0.15) is 12.6 Å². The lowest BCUT2D eigenvalue weighted by Crippen LogP contribution is -2.32. The number of imidazole rings is 1. The quantitative estimate of drug-likeness (QED) is 0.447. The molecule has 2 aliphatic rings. The minimum Gasteiger partial charge on any atom is -0.496 e. The van der Waals surface area contributed by atoms with Crippen LogP contribution in [-0.2, 0) is 9.47 Å². The Balaban J connectivity index is 1.33. The minimum atomic E-state index is -1.12. The van der Waals surface area contributed by atoms with Crippen LogP contribution in [0, 0.1) is 0 Å². The lowest BCUT2D eigenvalue weighted by molar-refractivity contribution is -0.0289. The van der Waals surface area contributed by atoms with Crippen LogP contribution >= 0.6 is 11.8 Å². The molecule has 10 nitrogen and oxygen atoms in total. The molecule has 0 bridgehead atoms. The highest BCUT2D eigenvalue weighted by Gasteiger charge is 2.44. The first-order valence-corrected chi connectivity index (χ1v) is 11.4. The summed E-state index contributed by atoms with van der Waals surface area (Å²) in [7, 11) is 1.62. The summed E-state index contributed by atoms with van der Waals surface area (Å²) in [5.74, 6) is 1.82. The van der Waals surface area contributed by atoms with Crippen molar-refractivity contribution in [3.05, 3.63) is 36.9 Å². The van der Waals surface area contributed by atoms with Crippen molar-refractivity contribution in [3.63, 3.8) is 0 Å². The number of para-hydroxylation sites is 1. The van der Waals surface area contributed by atoms with E-state index in [-0.39, 0.29) is 6.04 Å². The Labute approximate surface area is 188 Å². The lowest BCUT2D eigenvalue weighted by Gasteiger charge is -2.17. The largest absolute Gasteiger partial charge is 0.496 e. The molecule has 5 rings (SSSR count). The Kier molecular flexibility index (Phi) is 6.15. The van der Waals surface area contributed by atoms with Crippen molar-refractivity contribution < 1.29 is 24.4 Å².